The smallest absolute Gasteiger partial charge is 0.230 e. The monoisotopic (exact) mass is 454 g/mol. The molecule has 0 radical (unpaired) electrons. The van der Waals surface area contributed by atoms with Gasteiger partial charge in [0.1, 0.15) is 5.01 Å². The van der Waals surface area contributed by atoms with Gasteiger partial charge in [0.2, 0.25) is 5.91 Å². The third-order valence-electron chi connectivity index (χ3n) is 4.51. The molecule has 2 aromatic heterocycles. The molecule has 1 N–H and O–H groups in total. The molecule has 2 aromatic carbocycles. The maximum Gasteiger partial charge on any atom is 0.230 e. The van der Waals surface area contributed by atoms with Gasteiger partial charge < -0.3 is 14.8 Å². The van der Waals surface area contributed by atoms with Gasteiger partial charge in [-0.1, -0.05) is 11.6 Å². The summed E-state index contributed by atoms with van der Waals surface area (Å²) in [6, 6.07) is 12.7. The number of ether oxygens (including phenoxy) is 2. The topological polar surface area (TPSA) is 78.3 Å². The maximum absolute atomic E-state index is 12.7. The second-order valence-electron chi connectivity index (χ2n) is 6.55. The number of halogens is 1. The van der Waals surface area contributed by atoms with Gasteiger partial charge in [-0.15, -0.1) is 11.3 Å². The zero-order valence-corrected chi connectivity index (χ0v) is 18.4. The fourth-order valence-electron chi connectivity index (χ4n) is 3.07. The van der Waals surface area contributed by atoms with Crippen molar-refractivity contribution in [2.45, 2.75) is 6.42 Å². The second-order valence-corrected chi connectivity index (χ2v) is 7.85. The minimum Gasteiger partial charge on any atom is -0.493 e. The van der Waals surface area contributed by atoms with Gasteiger partial charge >= 0.3 is 0 Å². The van der Waals surface area contributed by atoms with Gasteiger partial charge in [0, 0.05) is 28.4 Å². The molecule has 0 aliphatic heterocycles. The number of carbonyl (C=O) groups is 1. The number of carbonyl (C=O) groups excluding carboxylic acids is 1. The number of anilines is 1. The summed E-state index contributed by atoms with van der Waals surface area (Å²) < 4.78 is 12.3. The number of nitrogens with zero attached hydrogens (tertiary/aromatic N) is 3. The molecule has 0 aliphatic rings. The molecule has 158 valence electrons. The van der Waals surface area contributed by atoms with Crippen molar-refractivity contribution in [1.82, 2.24) is 14.8 Å². The van der Waals surface area contributed by atoms with Gasteiger partial charge in [0.25, 0.3) is 0 Å². The summed E-state index contributed by atoms with van der Waals surface area (Å²) in [5, 5.41) is 10.3. The molecule has 0 atom stereocenters. The van der Waals surface area contributed by atoms with Crippen LogP contribution in [0.25, 0.3) is 16.3 Å². The molecule has 0 bridgehead atoms. The van der Waals surface area contributed by atoms with E-state index in [0.29, 0.717) is 27.9 Å². The Morgan fingerprint density at radius 3 is 2.74 bits per heavy atom. The van der Waals surface area contributed by atoms with Crippen LogP contribution in [0.2, 0.25) is 5.02 Å². The Morgan fingerprint density at radius 2 is 2.00 bits per heavy atom. The van der Waals surface area contributed by atoms with Crippen LogP contribution in [0.15, 0.2) is 60.2 Å². The highest BCUT2D eigenvalue weighted by atomic mass is 35.5. The van der Waals surface area contributed by atoms with Crippen LogP contribution in [-0.4, -0.2) is 34.9 Å². The molecular weight excluding hydrogens is 436 g/mol. The minimum atomic E-state index is -0.195. The summed E-state index contributed by atoms with van der Waals surface area (Å²) >= 11 is 7.59. The molecule has 0 saturated heterocycles. The van der Waals surface area contributed by atoms with E-state index in [1.54, 1.807) is 43.4 Å². The first-order valence-corrected chi connectivity index (χ1v) is 10.6. The van der Waals surface area contributed by atoms with Gasteiger partial charge in [0.15, 0.2) is 11.5 Å². The number of aromatic nitrogens is 3. The molecule has 2 heterocycles. The van der Waals surface area contributed by atoms with Crippen molar-refractivity contribution >= 4 is 34.5 Å². The Kier molecular flexibility index (Phi) is 6.20. The van der Waals surface area contributed by atoms with Gasteiger partial charge in [-0.2, -0.15) is 5.10 Å². The average Bonchev–Trinajstić information content (AvgIpc) is 3.46. The minimum absolute atomic E-state index is 0.134. The van der Waals surface area contributed by atoms with Crippen LogP contribution in [-0.2, 0) is 11.2 Å². The van der Waals surface area contributed by atoms with Gasteiger partial charge in [0.05, 0.1) is 37.7 Å². The van der Waals surface area contributed by atoms with Crippen LogP contribution in [0.3, 0.4) is 0 Å². The number of methoxy groups -OCH3 is 2. The van der Waals surface area contributed by atoms with Crippen molar-refractivity contribution in [2.75, 3.05) is 19.5 Å². The van der Waals surface area contributed by atoms with Crippen LogP contribution in [0.5, 0.6) is 11.5 Å². The van der Waals surface area contributed by atoms with Gasteiger partial charge in [-0.05, 0) is 42.5 Å². The first kappa shape index (κ1) is 20.9. The quantitative estimate of drug-likeness (QED) is 0.432. The van der Waals surface area contributed by atoms with Crippen LogP contribution < -0.4 is 14.8 Å². The molecule has 0 fully saturated rings. The summed E-state index contributed by atoms with van der Waals surface area (Å²) in [4.78, 5) is 17.3. The van der Waals surface area contributed by atoms with Crippen molar-refractivity contribution in [3.05, 3.63) is 71.0 Å². The highest BCUT2D eigenvalue weighted by molar-refractivity contribution is 7.13. The van der Waals surface area contributed by atoms with E-state index in [1.807, 2.05) is 35.7 Å². The number of thiazole rings is 1. The fraction of sp³-hybridized carbons (Fsp3) is 0.136. The molecule has 4 rings (SSSR count). The van der Waals surface area contributed by atoms with E-state index in [9.17, 15) is 4.79 Å². The Hall–Kier alpha value is -3.36. The lowest BCUT2D eigenvalue weighted by atomic mass is 10.2. The van der Waals surface area contributed by atoms with E-state index in [2.05, 4.69) is 15.4 Å². The van der Waals surface area contributed by atoms with Crippen molar-refractivity contribution in [2.24, 2.45) is 0 Å². The zero-order chi connectivity index (χ0) is 21.8. The standard InChI is InChI=1S/C22H19ClN4O3S/c1-29-19-7-4-14(10-20(19)30-2)22-25-16(13-31-22)12-21(28)26-17-11-15(23)5-6-18(17)27-9-3-8-24-27/h3-11,13H,12H2,1-2H3,(H,26,28). The fourth-order valence-corrected chi connectivity index (χ4v) is 4.06. The normalized spacial score (nSPS) is 10.7. The van der Waals surface area contributed by atoms with Gasteiger partial charge in [-0.3, -0.25) is 4.79 Å². The number of benzene rings is 2. The van der Waals surface area contributed by atoms with Crippen LogP contribution in [0, 0.1) is 0 Å². The average molecular weight is 455 g/mol. The van der Waals surface area contributed by atoms with Crippen molar-refractivity contribution in [1.29, 1.82) is 0 Å². The molecule has 0 spiro atoms. The molecule has 1 amide bonds. The summed E-state index contributed by atoms with van der Waals surface area (Å²) in [5.74, 6) is 1.08. The lowest BCUT2D eigenvalue weighted by Crippen LogP contribution is -2.16. The zero-order valence-electron chi connectivity index (χ0n) is 16.8. The molecule has 0 unspecified atom stereocenters. The number of nitrogens with one attached hydrogen (secondary N) is 1. The summed E-state index contributed by atoms with van der Waals surface area (Å²) in [6.07, 6.45) is 3.61. The third-order valence-corrected chi connectivity index (χ3v) is 5.68. The van der Waals surface area contributed by atoms with E-state index >= 15 is 0 Å². The van der Waals surface area contributed by atoms with E-state index < -0.39 is 0 Å². The summed E-state index contributed by atoms with van der Waals surface area (Å²) in [6.45, 7) is 0. The van der Waals surface area contributed by atoms with E-state index in [4.69, 9.17) is 21.1 Å². The molecule has 0 saturated carbocycles. The number of amides is 1. The van der Waals surface area contributed by atoms with E-state index in [1.165, 1.54) is 11.3 Å². The first-order valence-electron chi connectivity index (χ1n) is 9.33. The molecule has 9 heteroatoms. The summed E-state index contributed by atoms with van der Waals surface area (Å²) in [5.41, 5.74) is 2.88. The number of rotatable bonds is 7. The Bertz CT molecular complexity index is 1210. The van der Waals surface area contributed by atoms with Crippen molar-refractivity contribution in [3.63, 3.8) is 0 Å². The molecule has 4 aromatic rings. The molecular formula is C22H19ClN4O3S. The van der Waals surface area contributed by atoms with Crippen molar-refractivity contribution < 1.29 is 14.3 Å². The van der Waals surface area contributed by atoms with E-state index in [0.717, 1.165) is 16.3 Å². The van der Waals surface area contributed by atoms with E-state index in [-0.39, 0.29) is 12.3 Å². The molecule has 0 aliphatic carbocycles. The maximum atomic E-state index is 12.7. The number of hydrogen-bond donors (Lipinski definition) is 1. The molecule has 7 nitrogen and oxygen atoms in total. The van der Waals surface area contributed by atoms with Crippen molar-refractivity contribution in [3.8, 4) is 27.8 Å². The molecule has 31 heavy (non-hydrogen) atoms. The first-order chi connectivity index (χ1) is 15.1. The highest BCUT2D eigenvalue weighted by Gasteiger charge is 2.14. The lowest BCUT2D eigenvalue weighted by Gasteiger charge is -2.11. The Labute approximate surface area is 188 Å². The second kappa shape index (κ2) is 9.20. The summed E-state index contributed by atoms with van der Waals surface area (Å²) in [7, 11) is 3.18. The Morgan fingerprint density at radius 1 is 1.16 bits per heavy atom. The highest BCUT2D eigenvalue weighted by Crippen LogP contribution is 2.33. The predicted molar refractivity (Wildman–Crippen MR) is 122 cm³/mol. The van der Waals surface area contributed by atoms with Crippen LogP contribution in [0.1, 0.15) is 5.69 Å². The SMILES string of the molecule is COc1ccc(-c2nc(CC(=O)Nc3cc(Cl)ccc3-n3cccn3)cs2)cc1OC. The Balaban J connectivity index is 1.50. The van der Waals surface area contributed by atoms with Crippen LogP contribution in [0.4, 0.5) is 5.69 Å². The predicted octanol–water partition coefficient (Wildman–Crippen LogP) is 4.85. The van der Waals surface area contributed by atoms with Gasteiger partial charge in [-0.25, -0.2) is 9.67 Å². The van der Waals surface area contributed by atoms with Crippen LogP contribution >= 0.6 is 22.9 Å². The third kappa shape index (κ3) is 4.70. The number of hydrogen-bond acceptors (Lipinski definition) is 6. The largest absolute Gasteiger partial charge is 0.493 e. The lowest BCUT2D eigenvalue weighted by molar-refractivity contribution is -0.115.